The molecule has 0 saturated carbocycles. The summed E-state index contributed by atoms with van der Waals surface area (Å²) in [5.74, 6) is -1.07. The minimum Gasteiger partial charge on any atom is -0.454 e. The van der Waals surface area contributed by atoms with Gasteiger partial charge in [0.15, 0.2) is 11.5 Å². The standard InChI is InChI=1S/C24H16F2N2O6S/c25-14-1-5-16(6-2-14)27-23(29)12-28-11-22(35(31,32)17-7-3-15(26)4-8-17)24(30)18-9-20-21(10-19(18)28)34-13-33-20/h1-11H,12-13H2,(H,27,29). The molecular weight excluding hydrogens is 482 g/mol. The number of ether oxygens (including phenoxy) is 2. The fourth-order valence-electron chi connectivity index (χ4n) is 3.70. The summed E-state index contributed by atoms with van der Waals surface area (Å²) >= 11 is 0. The Bertz CT molecular complexity index is 1630. The number of rotatable bonds is 5. The highest BCUT2D eigenvalue weighted by Crippen LogP contribution is 2.36. The van der Waals surface area contributed by atoms with Crippen molar-refractivity contribution < 1.29 is 31.5 Å². The SMILES string of the molecule is O=C(Cn1cc(S(=O)(=O)c2ccc(F)cc2)c(=O)c2cc3c(cc21)OCO3)Nc1ccc(F)cc1. The Morgan fingerprint density at radius 3 is 2.20 bits per heavy atom. The first-order valence-corrected chi connectivity index (χ1v) is 11.7. The fourth-order valence-corrected chi connectivity index (χ4v) is 5.07. The van der Waals surface area contributed by atoms with Crippen molar-refractivity contribution in [3.63, 3.8) is 0 Å². The third kappa shape index (κ3) is 4.21. The van der Waals surface area contributed by atoms with Crippen LogP contribution < -0.4 is 20.2 Å². The number of pyridine rings is 1. The maximum Gasteiger partial charge on any atom is 0.244 e. The summed E-state index contributed by atoms with van der Waals surface area (Å²) in [4.78, 5) is 25.2. The summed E-state index contributed by atoms with van der Waals surface area (Å²) in [6, 6.07) is 12.0. The molecule has 1 amide bonds. The van der Waals surface area contributed by atoms with Crippen LogP contribution >= 0.6 is 0 Å². The highest BCUT2D eigenvalue weighted by atomic mass is 32.2. The summed E-state index contributed by atoms with van der Waals surface area (Å²) in [5, 5.41) is 2.59. The van der Waals surface area contributed by atoms with Crippen molar-refractivity contribution >= 4 is 32.3 Å². The van der Waals surface area contributed by atoms with Crippen LogP contribution in [0, 0.1) is 11.6 Å². The van der Waals surface area contributed by atoms with Gasteiger partial charge in [0.05, 0.1) is 15.8 Å². The van der Waals surface area contributed by atoms with E-state index < -0.39 is 37.7 Å². The zero-order valence-electron chi connectivity index (χ0n) is 17.8. The van der Waals surface area contributed by atoms with Gasteiger partial charge in [0.2, 0.25) is 28.0 Å². The minimum absolute atomic E-state index is 0.00739. The monoisotopic (exact) mass is 498 g/mol. The Hall–Kier alpha value is -4.25. The molecule has 0 radical (unpaired) electrons. The topological polar surface area (TPSA) is 104 Å². The van der Waals surface area contributed by atoms with Gasteiger partial charge in [0.25, 0.3) is 0 Å². The first-order valence-electron chi connectivity index (χ1n) is 10.3. The van der Waals surface area contributed by atoms with Crippen molar-refractivity contribution in [1.29, 1.82) is 0 Å². The van der Waals surface area contributed by atoms with Crippen molar-refractivity contribution in [2.75, 3.05) is 12.1 Å². The molecular formula is C24H16F2N2O6S. The quantitative estimate of drug-likeness (QED) is 0.423. The van der Waals surface area contributed by atoms with Gasteiger partial charge in [-0.1, -0.05) is 0 Å². The van der Waals surface area contributed by atoms with Crippen LogP contribution in [-0.4, -0.2) is 25.7 Å². The van der Waals surface area contributed by atoms with Crippen molar-refractivity contribution in [2.45, 2.75) is 16.3 Å². The highest BCUT2D eigenvalue weighted by molar-refractivity contribution is 7.91. The van der Waals surface area contributed by atoms with E-state index in [1.165, 1.54) is 41.0 Å². The molecule has 35 heavy (non-hydrogen) atoms. The van der Waals surface area contributed by atoms with E-state index in [9.17, 15) is 26.8 Å². The van der Waals surface area contributed by atoms with E-state index in [2.05, 4.69) is 5.32 Å². The molecule has 178 valence electrons. The molecule has 0 saturated heterocycles. The lowest BCUT2D eigenvalue weighted by atomic mass is 10.2. The number of carbonyl (C=O) groups excluding carboxylic acids is 1. The van der Waals surface area contributed by atoms with Crippen LogP contribution in [0.3, 0.4) is 0 Å². The average molecular weight is 498 g/mol. The Morgan fingerprint density at radius 1 is 0.943 bits per heavy atom. The Labute approximate surface area is 197 Å². The number of hydrogen-bond donors (Lipinski definition) is 1. The van der Waals surface area contributed by atoms with Gasteiger partial charge >= 0.3 is 0 Å². The molecule has 5 rings (SSSR count). The number of carbonyl (C=O) groups is 1. The Kier molecular flexibility index (Phi) is 5.48. The molecule has 1 N–H and O–H groups in total. The molecule has 1 aromatic heterocycles. The van der Waals surface area contributed by atoms with Crippen LogP contribution in [0.5, 0.6) is 11.5 Å². The molecule has 1 aliphatic heterocycles. The van der Waals surface area contributed by atoms with Gasteiger partial charge in [-0.25, -0.2) is 17.2 Å². The van der Waals surface area contributed by atoms with Crippen molar-refractivity contribution in [3.05, 3.63) is 88.7 Å². The third-order valence-corrected chi connectivity index (χ3v) is 7.16. The maximum absolute atomic E-state index is 13.3. The average Bonchev–Trinajstić information content (AvgIpc) is 3.29. The van der Waals surface area contributed by atoms with E-state index in [-0.39, 0.29) is 34.9 Å². The number of nitrogens with zero attached hydrogens (tertiary/aromatic N) is 1. The lowest BCUT2D eigenvalue weighted by Crippen LogP contribution is -2.24. The van der Waals surface area contributed by atoms with E-state index in [4.69, 9.17) is 9.47 Å². The molecule has 2 heterocycles. The molecule has 0 atom stereocenters. The summed E-state index contributed by atoms with van der Waals surface area (Å²) in [7, 11) is -4.36. The van der Waals surface area contributed by atoms with Crippen molar-refractivity contribution in [2.24, 2.45) is 0 Å². The summed E-state index contributed by atoms with van der Waals surface area (Å²) in [5.41, 5.74) is -0.233. The van der Waals surface area contributed by atoms with Gasteiger partial charge in [-0.05, 0) is 54.6 Å². The second-order valence-corrected chi connectivity index (χ2v) is 9.60. The van der Waals surface area contributed by atoms with Gasteiger partial charge in [0.1, 0.15) is 23.1 Å². The minimum atomic E-state index is -4.36. The number of sulfone groups is 1. The lowest BCUT2D eigenvalue weighted by molar-refractivity contribution is -0.116. The number of fused-ring (bicyclic) bond motifs is 2. The number of halogens is 2. The molecule has 0 bridgehead atoms. The van der Waals surface area contributed by atoms with Gasteiger partial charge in [-0.3, -0.25) is 9.59 Å². The number of hydrogen-bond acceptors (Lipinski definition) is 6. The van der Waals surface area contributed by atoms with E-state index in [0.29, 0.717) is 11.4 Å². The molecule has 1 aliphatic rings. The van der Waals surface area contributed by atoms with Gasteiger partial charge in [-0.15, -0.1) is 0 Å². The molecule has 0 spiro atoms. The second kappa shape index (κ2) is 8.51. The van der Waals surface area contributed by atoms with Crippen molar-refractivity contribution in [1.82, 2.24) is 4.57 Å². The van der Waals surface area contributed by atoms with E-state index in [1.807, 2.05) is 0 Å². The van der Waals surface area contributed by atoms with Crippen LogP contribution in [0.25, 0.3) is 10.9 Å². The van der Waals surface area contributed by atoms with E-state index in [1.54, 1.807) is 0 Å². The zero-order valence-corrected chi connectivity index (χ0v) is 18.6. The van der Waals surface area contributed by atoms with Crippen LogP contribution in [0.4, 0.5) is 14.5 Å². The van der Waals surface area contributed by atoms with Crippen LogP contribution in [0.2, 0.25) is 0 Å². The number of nitrogens with one attached hydrogen (secondary N) is 1. The first kappa shape index (κ1) is 22.5. The largest absolute Gasteiger partial charge is 0.454 e. The van der Waals surface area contributed by atoms with Gasteiger partial charge in [-0.2, -0.15) is 0 Å². The Balaban J connectivity index is 1.63. The molecule has 0 fully saturated rings. The van der Waals surface area contributed by atoms with E-state index >= 15 is 0 Å². The predicted octanol–water partition coefficient (Wildman–Crippen LogP) is 3.48. The first-order chi connectivity index (χ1) is 16.7. The van der Waals surface area contributed by atoms with Crippen LogP contribution in [-0.2, 0) is 21.2 Å². The smallest absolute Gasteiger partial charge is 0.244 e. The fraction of sp³-hybridized carbons (Fsp3) is 0.0833. The lowest BCUT2D eigenvalue weighted by Gasteiger charge is -2.15. The molecule has 8 nitrogen and oxygen atoms in total. The van der Waals surface area contributed by atoms with Crippen LogP contribution in [0.15, 0.2) is 81.4 Å². The summed E-state index contributed by atoms with van der Waals surface area (Å²) < 4.78 is 65.1. The third-order valence-electron chi connectivity index (χ3n) is 5.40. The number of aromatic nitrogens is 1. The second-order valence-electron chi connectivity index (χ2n) is 7.69. The van der Waals surface area contributed by atoms with Gasteiger partial charge in [0, 0.05) is 18.0 Å². The van der Waals surface area contributed by atoms with Crippen LogP contribution in [0.1, 0.15) is 0 Å². The number of benzene rings is 3. The normalized spacial score (nSPS) is 12.6. The highest BCUT2D eigenvalue weighted by Gasteiger charge is 2.26. The van der Waals surface area contributed by atoms with Crippen molar-refractivity contribution in [3.8, 4) is 11.5 Å². The zero-order chi connectivity index (χ0) is 24.7. The molecule has 11 heteroatoms. The number of amides is 1. The summed E-state index contributed by atoms with van der Waals surface area (Å²) in [6.07, 6.45) is 1.07. The Morgan fingerprint density at radius 2 is 1.54 bits per heavy atom. The molecule has 4 aromatic rings. The molecule has 0 aliphatic carbocycles. The molecule has 3 aromatic carbocycles. The summed E-state index contributed by atoms with van der Waals surface area (Å²) in [6.45, 7) is -0.453. The van der Waals surface area contributed by atoms with E-state index in [0.717, 1.165) is 30.5 Å². The van der Waals surface area contributed by atoms with Gasteiger partial charge < -0.3 is 19.4 Å². The predicted molar refractivity (Wildman–Crippen MR) is 121 cm³/mol. The number of anilines is 1. The maximum atomic E-state index is 13.3. The molecule has 0 unspecified atom stereocenters.